The fourth-order valence-corrected chi connectivity index (χ4v) is 3.95. The van der Waals surface area contributed by atoms with Crippen molar-refractivity contribution in [2.75, 3.05) is 12.3 Å². The number of rotatable bonds is 8. The van der Waals surface area contributed by atoms with E-state index in [0.717, 1.165) is 12.0 Å². The molecule has 1 aromatic rings. The van der Waals surface area contributed by atoms with E-state index in [9.17, 15) is 0 Å². The van der Waals surface area contributed by atoms with Crippen LogP contribution in [-0.4, -0.2) is 18.3 Å². The van der Waals surface area contributed by atoms with Crippen molar-refractivity contribution in [3.8, 4) is 0 Å². The molecule has 1 unspecified atom stereocenters. The quantitative estimate of drug-likeness (QED) is 0.708. The van der Waals surface area contributed by atoms with Gasteiger partial charge < -0.3 is 5.32 Å². The molecule has 0 spiro atoms. The fraction of sp³-hybridized carbons (Fsp3) is 0.647. The summed E-state index contributed by atoms with van der Waals surface area (Å²) in [5, 5.41) is 3.76. The van der Waals surface area contributed by atoms with Gasteiger partial charge in [0.1, 0.15) is 0 Å². The van der Waals surface area contributed by atoms with Gasteiger partial charge in [0.25, 0.3) is 0 Å². The van der Waals surface area contributed by atoms with E-state index in [0.29, 0.717) is 5.41 Å². The summed E-state index contributed by atoms with van der Waals surface area (Å²) in [6.45, 7) is 3.74. The normalized spacial score (nSPS) is 22.2. The van der Waals surface area contributed by atoms with E-state index < -0.39 is 0 Å². The van der Waals surface area contributed by atoms with Gasteiger partial charge in [-0.25, -0.2) is 0 Å². The molecule has 2 heteroatoms. The molecule has 0 amide bonds. The minimum Gasteiger partial charge on any atom is -0.313 e. The maximum atomic E-state index is 3.76. The van der Waals surface area contributed by atoms with Gasteiger partial charge in [-0.05, 0) is 61.3 Å². The van der Waals surface area contributed by atoms with Crippen LogP contribution in [0.15, 0.2) is 35.2 Å². The second-order valence-corrected chi connectivity index (χ2v) is 7.66. The van der Waals surface area contributed by atoms with E-state index in [-0.39, 0.29) is 0 Å². The Morgan fingerprint density at radius 3 is 2.53 bits per heavy atom. The van der Waals surface area contributed by atoms with Crippen molar-refractivity contribution in [2.45, 2.75) is 50.0 Å². The Labute approximate surface area is 121 Å². The predicted molar refractivity (Wildman–Crippen MR) is 83.6 cm³/mol. The van der Waals surface area contributed by atoms with Gasteiger partial charge in [-0.1, -0.05) is 25.1 Å². The highest BCUT2D eigenvalue weighted by atomic mass is 32.2. The SMILES string of the molecule is CC(CCSc1ccccc1)(CNC1CC1)C1CC1. The lowest BCUT2D eigenvalue weighted by Crippen LogP contribution is -2.35. The van der Waals surface area contributed by atoms with Crippen molar-refractivity contribution >= 4 is 11.8 Å². The van der Waals surface area contributed by atoms with Crippen LogP contribution in [0.2, 0.25) is 0 Å². The summed E-state index contributed by atoms with van der Waals surface area (Å²) < 4.78 is 0. The molecule has 2 saturated carbocycles. The van der Waals surface area contributed by atoms with Crippen molar-refractivity contribution in [1.29, 1.82) is 0 Å². The summed E-state index contributed by atoms with van der Waals surface area (Å²) in [4.78, 5) is 1.41. The molecule has 19 heavy (non-hydrogen) atoms. The highest BCUT2D eigenvalue weighted by Crippen LogP contribution is 2.48. The van der Waals surface area contributed by atoms with Crippen molar-refractivity contribution in [2.24, 2.45) is 11.3 Å². The summed E-state index contributed by atoms with van der Waals surface area (Å²) in [5.74, 6) is 2.23. The van der Waals surface area contributed by atoms with Crippen LogP contribution >= 0.6 is 11.8 Å². The Balaban J connectivity index is 1.47. The van der Waals surface area contributed by atoms with Gasteiger partial charge in [0.15, 0.2) is 0 Å². The van der Waals surface area contributed by atoms with Crippen LogP contribution in [0, 0.1) is 11.3 Å². The van der Waals surface area contributed by atoms with Gasteiger partial charge in [-0.15, -0.1) is 11.8 Å². The number of benzene rings is 1. The van der Waals surface area contributed by atoms with Gasteiger partial charge in [0, 0.05) is 17.5 Å². The van der Waals surface area contributed by atoms with Gasteiger partial charge in [0.05, 0.1) is 0 Å². The Morgan fingerprint density at radius 1 is 1.16 bits per heavy atom. The Morgan fingerprint density at radius 2 is 1.89 bits per heavy atom. The van der Waals surface area contributed by atoms with Gasteiger partial charge >= 0.3 is 0 Å². The molecule has 0 aromatic heterocycles. The van der Waals surface area contributed by atoms with Crippen molar-refractivity contribution in [3.05, 3.63) is 30.3 Å². The summed E-state index contributed by atoms with van der Waals surface area (Å²) in [7, 11) is 0. The topological polar surface area (TPSA) is 12.0 Å². The van der Waals surface area contributed by atoms with Gasteiger partial charge in [0.2, 0.25) is 0 Å². The zero-order valence-corrected chi connectivity index (χ0v) is 12.7. The molecule has 2 aliphatic carbocycles. The number of hydrogen-bond acceptors (Lipinski definition) is 2. The third-order valence-electron chi connectivity index (χ3n) is 4.62. The van der Waals surface area contributed by atoms with Crippen LogP contribution in [0.1, 0.15) is 39.0 Å². The monoisotopic (exact) mass is 275 g/mol. The van der Waals surface area contributed by atoms with Crippen LogP contribution in [0.4, 0.5) is 0 Å². The summed E-state index contributed by atoms with van der Waals surface area (Å²) >= 11 is 2.01. The molecule has 1 nitrogen and oxygen atoms in total. The second kappa shape index (κ2) is 5.88. The van der Waals surface area contributed by atoms with Crippen molar-refractivity contribution in [3.63, 3.8) is 0 Å². The molecular weight excluding hydrogens is 250 g/mol. The van der Waals surface area contributed by atoms with Gasteiger partial charge in [-0.3, -0.25) is 0 Å². The van der Waals surface area contributed by atoms with Crippen LogP contribution in [-0.2, 0) is 0 Å². The van der Waals surface area contributed by atoms with Crippen LogP contribution in [0.3, 0.4) is 0 Å². The standard InChI is InChI=1S/C17H25NS/c1-17(14-7-8-14,13-18-15-9-10-15)11-12-19-16-5-3-2-4-6-16/h2-6,14-15,18H,7-13H2,1H3. The zero-order valence-electron chi connectivity index (χ0n) is 11.9. The average molecular weight is 275 g/mol. The summed E-state index contributed by atoms with van der Waals surface area (Å²) in [5.41, 5.74) is 0.532. The van der Waals surface area contributed by atoms with E-state index in [1.807, 2.05) is 11.8 Å². The Bertz CT molecular complexity index is 397. The average Bonchev–Trinajstić information content (AvgIpc) is 3.31. The molecule has 1 N–H and O–H groups in total. The first-order valence-corrected chi connectivity index (χ1v) is 8.66. The molecule has 0 radical (unpaired) electrons. The number of thioether (sulfide) groups is 1. The Kier molecular flexibility index (Phi) is 4.18. The van der Waals surface area contributed by atoms with E-state index >= 15 is 0 Å². The van der Waals surface area contributed by atoms with Gasteiger partial charge in [-0.2, -0.15) is 0 Å². The van der Waals surface area contributed by atoms with E-state index in [1.54, 1.807) is 0 Å². The van der Waals surface area contributed by atoms with Crippen LogP contribution < -0.4 is 5.32 Å². The first kappa shape index (κ1) is 13.5. The number of hydrogen-bond donors (Lipinski definition) is 1. The molecule has 104 valence electrons. The Hall–Kier alpha value is -0.470. The molecule has 0 heterocycles. The zero-order chi connectivity index (χ0) is 13.1. The lowest BCUT2D eigenvalue weighted by atomic mass is 9.82. The highest BCUT2D eigenvalue weighted by Gasteiger charge is 2.41. The van der Waals surface area contributed by atoms with E-state index in [1.165, 1.54) is 49.3 Å². The van der Waals surface area contributed by atoms with Crippen LogP contribution in [0.5, 0.6) is 0 Å². The predicted octanol–water partition coefficient (Wildman–Crippen LogP) is 4.34. The molecule has 2 aliphatic rings. The summed E-state index contributed by atoms with van der Waals surface area (Å²) in [6, 6.07) is 11.7. The van der Waals surface area contributed by atoms with Crippen molar-refractivity contribution in [1.82, 2.24) is 5.32 Å². The largest absolute Gasteiger partial charge is 0.313 e. The first-order chi connectivity index (χ1) is 9.26. The van der Waals surface area contributed by atoms with E-state index in [2.05, 4.69) is 42.6 Å². The maximum absolute atomic E-state index is 3.76. The minimum absolute atomic E-state index is 0.532. The molecule has 0 aliphatic heterocycles. The smallest absolute Gasteiger partial charge is 0.00719 e. The maximum Gasteiger partial charge on any atom is 0.00719 e. The molecule has 1 atom stereocenters. The fourth-order valence-electron chi connectivity index (χ4n) is 2.80. The van der Waals surface area contributed by atoms with Crippen LogP contribution in [0.25, 0.3) is 0 Å². The molecule has 2 fully saturated rings. The summed E-state index contributed by atoms with van der Waals surface area (Å²) in [6.07, 6.45) is 7.06. The second-order valence-electron chi connectivity index (χ2n) is 6.49. The third-order valence-corrected chi connectivity index (χ3v) is 5.63. The molecular formula is C17H25NS. The lowest BCUT2D eigenvalue weighted by molar-refractivity contribution is 0.249. The first-order valence-electron chi connectivity index (χ1n) is 7.67. The number of nitrogens with one attached hydrogen (secondary N) is 1. The molecule has 0 saturated heterocycles. The molecule has 0 bridgehead atoms. The lowest BCUT2D eigenvalue weighted by Gasteiger charge is -2.30. The minimum atomic E-state index is 0.532. The van der Waals surface area contributed by atoms with Crippen molar-refractivity contribution < 1.29 is 0 Å². The van der Waals surface area contributed by atoms with E-state index in [4.69, 9.17) is 0 Å². The molecule has 1 aromatic carbocycles. The molecule has 3 rings (SSSR count). The third kappa shape index (κ3) is 4.00. The highest BCUT2D eigenvalue weighted by molar-refractivity contribution is 7.99.